The van der Waals surface area contributed by atoms with Gasteiger partial charge in [0.25, 0.3) is 0 Å². The number of nitrogens with zero attached hydrogens (tertiary/aromatic N) is 5. The summed E-state index contributed by atoms with van der Waals surface area (Å²) in [5, 5.41) is 0. The Morgan fingerprint density at radius 3 is 1.75 bits per heavy atom. The van der Waals surface area contributed by atoms with Crippen LogP contribution in [-0.2, 0) is 0 Å². The lowest BCUT2D eigenvalue weighted by atomic mass is 10.0. The second-order valence-corrected chi connectivity index (χ2v) is 9.46. The highest BCUT2D eigenvalue weighted by Crippen LogP contribution is 2.34. The maximum absolute atomic E-state index is 6.49. The number of anilines is 5. The van der Waals surface area contributed by atoms with Crippen molar-refractivity contribution in [3.05, 3.63) is 145 Å². The summed E-state index contributed by atoms with van der Waals surface area (Å²) in [6.45, 7) is 6.02. The van der Waals surface area contributed by atoms with Gasteiger partial charge in [0.2, 0.25) is 0 Å². The normalized spacial score (nSPS) is 11.5. The van der Waals surface area contributed by atoms with Gasteiger partial charge in [-0.2, -0.15) is 0 Å². The predicted molar refractivity (Wildman–Crippen MR) is 165 cm³/mol. The van der Waals surface area contributed by atoms with Gasteiger partial charge in [-0.15, -0.1) is 0 Å². The Morgan fingerprint density at radius 1 is 0.650 bits per heavy atom. The second-order valence-electron chi connectivity index (χ2n) is 9.46. The molecule has 0 aliphatic carbocycles. The monoisotopic (exact) mass is 524 g/mol. The van der Waals surface area contributed by atoms with Crippen LogP contribution in [0.25, 0.3) is 11.1 Å². The molecular formula is C34H32N6. The number of pyridine rings is 3. The molecule has 0 spiro atoms. The summed E-state index contributed by atoms with van der Waals surface area (Å²) >= 11 is 0. The van der Waals surface area contributed by atoms with Crippen molar-refractivity contribution in [2.24, 2.45) is 5.73 Å². The molecule has 40 heavy (non-hydrogen) atoms. The van der Waals surface area contributed by atoms with Crippen LogP contribution in [0.15, 0.2) is 134 Å². The van der Waals surface area contributed by atoms with Crippen molar-refractivity contribution in [3.63, 3.8) is 0 Å². The topological polar surface area (TPSA) is 71.2 Å². The van der Waals surface area contributed by atoms with Crippen LogP contribution in [0.2, 0.25) is 0 Å². The molecule has 2 N–H and O–H groups in total. The Kier molecular flexibility index (Phi) is 7.97. The molecule has 5 rings (SSSR count). The highest BCUT2D eigenvalue weighted by Gasteiger charge is 2.16. The first kappa shape index (κ1) is 26.4. The van der Waals surface area contributed by atoms with Crippen molar-refractivity contribution in [1.82, 2.24) is 15.0 Å². The van der Waals surface area contributed by atoms with Crippen LogP contribution in [0, 0.1) is 13.8 Å². The Balaban J connectivity index is 1.45. The first-order chi connectivity index (χ1) is 19.5. The van der Waals surface area contributed by atoms with Gasteiger partial charge in [-0.3, -0.25) is 9.80 Å². The molecule has 0 aliphatic heterocycles. The maximum Gasteiger partial charge on any atom is 0.138 e. The van der Waals surface area contributed by atoms with Crippen LogP contribution < -0.4 is 15.5 Å². The van der Waals surface area contributed by atoms with E-state index in [1.807, 2.05) is 92.7 Å². The minimum atomic E-state index is 0.589. The smallest absolute Gasteiger partial charge is 0.138 e. The summed E-state index contributed by atoms with van der Waals surface area (Å²) in [7, 11) is 0. The lowest BCUT2D eigenvalue weighted by Gasteiger charge is -2.24. The number of aryl methyl sites for hydroxylation is 2. The SMILES string of the molecule is C/C=C\C=C(/N)N(c1ccc(-c2ccc(N(c3ccccn3)c3ccc(C)cn3)cc2)cc1)c1ccc(C)cn1. The minimum Gasteiger partial charge on any atom is -0.385 e. The first-order valence-corrected chi connectivity index (χ1v) is 13.2. The zero-order valence-electron chi connectivity index (χ0n) is 22.9. The third-order valence-electron chi connectivity index (χ3n) is 6.43. The van der Waals surface area contributed by atoms with Gasteiger partial charge in [-0.05, 0) is 97.6 Å². The van der Waals surface area contributed by atoms with Crippen molar-refractivity contribution in [1.29, 1.82) is 0 Å². The van der Waals surface area contributed by atoms with Gasteiger partial charge in [-0.1, -0.05) is 54.6 Å². The third kappa shape index (κ3) is 5.92. The van der Waals surface area contributed by atoms with E-state index in [0.717, 1.165) is 51.1 Å². The summed E-state index contributed by atoms with van der Waals surface area (Å²) in [5.41, 5.74) is 12.8. The highest BCUT2D eigenvalue weighted by atomic mass is 15.2. The van der Waals surface area contributed by atoms with Crippen LogP contribution >= 0.6 is 0 Å². The van der Waals surface area contributed by atoms with Crippen LogP contribution in [-0.4, -0.2) is 15.0 Å². The fourth-order valence-electron chi connectivity index (χ4n) is 4.34. The van der Waals surface area contributed by atoms with E-state index in [1.54, 1.807) is 6.20 Å². The summed E-state index contributed by atoms with van der Waals surface area (Å²) in [6.07, 6.45) is 11.3. The van der Waals surface area contributed by atoms with Gasteiger partial charge in [0, 0.05) is 30.0 Å². The molecule has 0 atom stereocenters. The zero-order valence-corrected chi connectivity index (χ0v) is 22.9. The van der Waals surface area contributed by atoms with E-state index in [2.05, 4.69) is 74.4 Å². The number of nitrogens with two attached hydrogens (primary N) is 1. The fourth-order valence-corrected chi connectivity index (χ4v) is 4.34. The predicted octanol–water partition coefficient (Wildman–Crippen LogP) is 8.14. The molecule has 3 heterocycles. The van der Waals surface area contributed by atoms with Gasteiger partial charge in [0.1, 0.15) is 23.3 Å². The molecule has 3 aromatic heterocycles. The van der Waals surface area contributed by atoms with Crippen molar-refractivity contribution in [2.75, 3.05) is 9.80 Å². The van der Waals surface area contributed by atoms with Gasteiger partial charge in [0.15, 0.2) is 0 Å². The summed E-state index contributed by atoms with van der Waals surface area (Å²) < 4.78 is 0. The number of rotatable bonds is 8. The average molecular weight is 525 g/mol. The van der Waals surface area contributed by atoms with E-state index < -0.39 is 0 Å². The molecule has 0 bridgehead atoms. The molecule has 6 heteroatoms. The molecule has 0 amide bonds. The molecule has 0 aliphatic rings. The van der Waals surface area contributed by atoms with E-state index in [-0.39, 0.29) is 0 Å². The Morgan fingerprint density at radius 2 is 1.23 bits per heavy atom. The molecule has 0 unspecified atom stereocenters. The van der Waals surface area contributed by atoms with Gasteiger partial charge >= 0.3 is 0 Å². The van der Waals surface area contributed by atoms with Crippen molar-refractivity contribution in [3.8, 4) is 11.1 Å². The summed E-state index contributed by atoms with van der Waals surface area (Å²) in [5.74, 6) is 2.98. The lowest BCUT2D eigenvalue weighted by molar-refractivity contribution is 1.07. The van der Waals surface area contributed by atoms with Gasteiger partial charge in [-0.25, -0.2) is 15.0 Å². The van der Waals surface area contributed by atoms with E-state index in [4.69, 9.17) is 5.73 Å². The Labute approximate surface area is 235 Å². The van der Waals surface area contributed by atoms with E-state index in [9.17, 15) is 0 Å². The number of aromatic nitrogens is 3. The molecule has 0 radical (unpaired) electrons. The Bertz CT molecular complexity index is 1590. The Hall–Kier alpha value is -5.23. The fraction of sp³-hybridized carbons (Fsp3) is 0.0882. The number of allylic oxidation sites excluding steroid dienone is 3. The molecule has 0 saturated carbocycles. The molecule has 6 nitrogen and oxygen atoms in total. The lowest BCUT2D eigenvalue weighted by Crippen LogP contribution is -2.23. The minimum absolute atomic E-state index is 0.589. The third-order valence-corrected chi connectivity index (χ3v) is 6.43. The number of hydrogen-bond acceptors (Lipinski definition) is 6. The van der Waals surface area contributed by atoms with Crippen LogP contribution in [0.1, 0.15) is 18.1 Å². The van der Waals surface area contributed by atoms with E-state index in [1.165, 1.54) is 0 Å². The summed E-state index contributed by atoms with van der Waals surface area (Å²) in [4.78, 5) is 17.9. The van der Waals surface area contributed by atoms with E-state index in [0.29, 0.717) is 5.82 Å². The van der Waals surface area contributed by atoms with Crippen LogP contribution in [0.4, 0.5) is 28.8 Å². The largest absolute Gasteiger partial charge is 0.385 e. The van der Waals surface area contributed by atoms with Gasteiger partial charge in [0.05, 0.1) is 0 Å². The standard InChI is InChI=1S/C34H32N6/c1-4-5-8-31(35)39(33-20-10-25(2)23-37-33)29-16-12-27(13-17-29)28-14-18-30(19-15-28)40(32-9-6-7-22-36-32)34-21-11-26(3)24-38-34/h4-24H,35H2,1-3H3/b5-4-,31-8+. The molecule has 5 aromatic rings. The van der Waals surface area contributed by atoms with Crippen molar-refractivity contribution >= 4 is 28.8 Å². The molecule has 198 valence electrons. The van der Waals surface area contributed by atoms with Crippen molar-refractivity contribution in [2.45, 2.75) is 20.8 Å². The highest BCUT2D eigenvalue weighted by molar-refractivity contribution is 5.76. The molecule has 2 aromatic carbocycles. The van der Waals surface area contributed by atoms with Crippen molar-refractivity contribution < 1.29 is 0 Å². The second kappa shape index (κ2) is 12.1. The average Bonchev–Trinajstić information content (AvgIpc) is 3.00. The van der Waals surface area contributed by atoms with Crippen LogP contribution in [0.3, 0.4) is 0 Å². The van der Waals surface area contributed by atoms with Crippen LogP contribution in [0.5, 0.6) is 0 Å². The van der Waals surface area contributed by atoms with Gasteiger partial charge < -0.3 is 5.73 Å². The number of benzene rings is 2. The summed E-state index contributed by atoms with van der Waals surface area (Å²) in [6, 6.07) is 30.7. The quantitative estimate of drug-likeness (QED) is 0.207. The molecule has 0 fully saturated rings. The molecule has 0 saturated heterocycles. The maximum atomic E-state index is 6.49. The zero-order chi connectivity index (χ0) is 27.9. The first-order valence-electron chi connectivity index (χ1n) is 13.2. The number of hydrogen-bond donors (Lipinski definition) is 1. The van der Waals surface area contributed by atoms with E-state index >= 15 is 0 Å². The molecular weight excluding hydrogens is 492 g/mol.